The maximum Gasteiger partial charge on any atom is 0.0673 e. The van der Waals surface area contributed by atoms with Gasteiger partial charge in [-0.15, -0.1) is 0 Å². The van der Waals surface area contributed by atoms with E-state index in [0.29, 0.717) is 12.3 Å². The zero-order chi connectivity index (χ0) is 13.6. The average molecular weight is 253 g/mol. The SMILES string of the molecule is CCn1cc(CC(C)(O)CCNCC(C)C)cn1. The summed E-state index contributed by atoms with van der Waals surface area (Å²) >= 11 is 0. The average Bonchev–Trinajstić information content (AvgIpc) is 2.71. The normalized spacial score (nSPS) is 15.0. The molecular formula is C14H27N3O. The van der Waals surface area contributed by atoms with Gasteiger partial charge in [0.25, 0.3) is 0 Å². The molecule has 1 unspecified atom stereocenters. The van der Waals surface area contributed by atoms with Crippen LogP contribution in [0.25, 0.3) is 0 Å². The van der Waals surface area contributed by atoms with E-state index < -0.39 is 5.60 Å². The molecule has 0 amide bonds. The van der Waals surface area contributed by atoms with E-state index in [4.69, 9.17) is 0 Å². The van der Waals surface area contributed by atoms with Gasteiger partial charge < -0.3 is 10.4 Å². The van der Waals surface area contributed by atoms with Crippen LogP contribution in [0.2, 0.25) is 0 Å². The number of aryl methyl sites for hydroxylation is 1. The van der Waals surface area contributed by atoms with Crippen molar-refractivity contribution in [2.45, 2.75) is 52.7 Å². The van der Waals surface area contributed by atoms with Gasteiger partial charge in [-0.3, -0.25) is 4.68 Å². The van der Waals surface area contributed by atoms with E-state index in [1.54, 1.807) is 0 Å². The van der Waals surface area contributed by atoms with Crippen molar-refractivity contribution in [2.75, 3.05) is 13.1 Å². The Morgan fingerprint density at radius 1 is 1.50 bits per heavy atom. The predicted molar refractivity (Wildman–Crippen MR) is 74.6 cm³/mol. The van der Waals surface area contributed by atoms with Crippen molar-refractivity contribution in [2.24, 2.45) is 5.92 Å². The van der Waals surface area contributed by atoms with Gasteiger partial charge in [0.05, 0.1) is 11.8 Å². The molecule has 1 aromatic heterocycles. The molecule has 1 atom stereocenters. The smallest absolute Gasteiger partial charge is 0.0673 e. The molecule has 0 aliphatic carbocycles. The lowest BCUT2D eigenvalue weighted by molar-refractivity contribution is 0.0513. The monoisotopic (exact) mass is 253 g/mol. The molecule has 1 aromatic rings. The summed E-state index contributed by atoms with van der Waals surface area (Å²) in [5.74, 6) is 0.651. The highest BCUT2D eigenvalue weighted by atomic mass is 16.3. The number of aliphatic hydroxyl groups is 1. The molecule has 2 N–H and O–H groups in total. The van der Waals surface area contributed by atoms with Gasteiger partial charge in [-0.2, -0.15) is 5.10 Å². The summed E-state index contributed by atoms with van der Waals surface area (Å²) < 4.78 is 1.89. The van der Waals surface area contributed by atoms with Crippen LogP contribution in [0, 0.1) is 5.92 Å². The zero-order valence-corrected chi connectivity index (χ0v) is 12.1. The number of hydrogen-bond donors (Lipinski definition) is 2. The van der Waals surface area contributed by atoms with Crippen LogP contribution in [0.3, 0.4) is 0 Å². The van der Waals surface area contributed by atoms with E-state index in [2.05, 4.69) is 31.2 Å². The van der Waals surface area contributed by atoms with Gasteiger partial charge in [-0.1, -0.05) is 13.8 Å². The fourth-order valence-electron chi connectivity index (χ4n) is 1.95. The molecule has 1 heterocycles. The Kier molecular flexibility index (Phi) is 5.82. The van der Waals surface area contributed by atoms with Crippen molar-refractivity contribution in [3.8, 4) is 0 Å². The fourth-order valence-corrected chi connectivity index (χ4v) is 1.95. The van der Waals surface area contributed by atoms with Gasteiger partial charge >= 0.3 is 0 Å². The fraction of sp³-hybridized carbons (Fsp3) is 0.786. The summed E-state index contributed by atoms with van der Waals surface area (Å²) in [7, 11) is 0. The molecule has 1 rings (SSSR count). The van der Waals surface area contributed by atoms with Crippen LogP contribution in [-0.4, -0.2) is 33.6 Å². The molecule has 18 heavy (non-hydrogen) atoms. The number of hydrogen-bond acceptors (Lipinski definition) is 3. The van der Waals surface area contributed by atoms with Crippen LogP contribution in [0.15, 0.2) is 12.4 Å². The van der Waals surface area contributed by atoms with E-state index >= 15 is 0 Å². The number of rotatable bonds is 8. The molecule has 0 aliphatic rings. The van der Waals surface area contributed by atoms with Crippen molar-refractivity contribution in [1.82, 2.24) is 15.1 Å². The Bertz CT molecular complexity index is 345. The van der Waals surface area contributed by atoms with Crippen LogP contribution in [0.4, 0.5) is 0 Å². The minimum absolute atomic E-state index is 0.651. The van der Waals surface area contributed by atoms with Gasteiger partial charge in [0.2, 0.25) is 0 Å². The first-order valence-corrected chi connectivity index (χ1v) is 6.87. The molecule has 0 bridgehead atoms. The van der Waals surface area contributed by atoms with Crippen LogP contribution in [-0.2, 0) is 13.0 Å². The molecule has 104 valence electrons. The van der Waals surface area contributed by atoms with Crippen LogP contribution >= 0.6 is 0 Å². The van der Waals surface area contributed by atoms with Gasteiger partial charge in [0, 0.05) is 19.2 Å². The quantitative estimate of drug-likeness (QED) is 0.695. The highest BCUT2D eigenvalue weighted by Gasteiger charge is 2.21. The summed E-state index contributed by atoms with van der Waals surface area (Å²) in [5, 5.41) is 17.9. The summed E-state index contributed by atoms with van der Waals surface area (Å²) in [6, 6.07) is 0. The number of nitrogens with zero attached hydrogens (tertiary/aromatic N) is 2. The second-order valence-electron chi connectivity index (χ2n) is 5.73. The molecular weight excluding hydrogens is 226 g/mol. The third-order valence-corrected chi connectivity index (χ3v) is 2.99. The molecule has 0 fully saturated rings. The highest BCUT2D eigenvalue weighted by molar-refractivity contribution is 5.07. The lowest BCUT2D eigenvalue weighted by atomic mass is 9.95. The van der Waals surface area contributed by atoms with Crippen LogP contribution in [0.1, 0.15) is 39.7 Å². The minimum Gasteiger partial charge on any atom is -0.390 e. The lowest BCUT2D eigenvalue weighted by Gasteiger charge is -2.23. The van der Waals surface area contributed by atoms with Crippen molar-refractivity contribution in [1.29, 1.82) is 0 Å². The maximum absolute atomic E-state index is 10.3. The first-order valence-electron chi connectivity index (χ1n) is 6.87. The molecule has 0 saturated carbocycles. The molecule has 0 aromatic carbocycles. The van der Waals surface area contributed by atoms with Gasteiger partial charge in [-0.25, -0.2) is 0 Å². The van der Waals surface area contributed by atoms with Crippen molar-refractivity contribution in [3.05, 3.63) is 18.0 Å². The molecule has 0 aliphatic heterocycles. The zero-order valence-electron chi connectivity index (χ0n) is 12.1. The van der Waals surface area contributed by atoms with Crippen LogP contribution in [0.5, 0.6) is 0 Å². The maximum atomic E-state index is 10.3. The third kappa shape index (κ3) is 5.65. The van der Waals surface area contributed by atoms with Crippen molar-refractivity contribution >= 4 is 0 Å². The molecule has 0 spiro atoms. The third-order valence-electron chi connectivity index (χ3n) is 2.99. The number of aromatic nitrogens is 2. The summed E-state index contributed by atoms with van der Waals surface area (Å²) in [6.45, 7) is 11.1. The van der Waals surface area contributed by atoms with Gasteiger partial charge in [0.1, 0.15) is 0 Å². The molecule has 4 heteroatoms. The lowest BCUT2D eigenvalue weighted by Crippen LogP contribution is -2.33. The highest BCUT2D eigenvalue weighted by Crippen LogP contribution is 2.16. The Hall–Kier alpha value is -0.870. The summed E-state index contributed by atoms with van der Waals surface area (Å²) in [6.07, 6.45) is 5.28. The first kappa shape index (κ1) is 15.2. The Morgan fingerprint density at radius 2 is 2.22 bits per heavy atom. The molecule has 0 radical (unpaired) electrons. The van der Waals surface area contributed by atoms with E-state index in [1.165, 1.54) is 0 Å². The van der Waals surface area contributed by atoms with Gasteiger partial charge in [0.15, 0.2) is 0 Å². The largest absolute Gasteiger partial charge is 0.390 e. The van der Waals surface area contributed by atoms with E-state index in [9.17, 15) is 5.11 Å². The molecule has 4 nitrogen and oxygen atoms in total. The summed E-state index contributed by atoms with van der Waals surface area (Å²) in [4.78, 5) is 0. The Morgan fingerprint density at radius 3 is 2.78 bits per heavy atom. The van der Waals surface area contributed by atoms with Crippen molar-refractivity contribution < 1.29 is 5.11 Å². The second-order valence-corrected chi connectivity index (χ2v) is 5.73. The first-order chi connectivity index (χ1) is 8.43. The van der Waals surface area contributed by atoms with E-state index in [1.807, 2.05) is 24.0 Å². The minimum atomic E-state index is -0.661. The molecule has 0 saturated heterocycles. The summed E-state index contributed by atoms with van der Waals surface area (Å²) in [5.41, 5.74) is 0.441. The van der Waals surface area contributed by atoms with E-state index in [-0.39, 0.29) is 0 Å². The topological polar surface area (TPSA) is 50.1 Å². The second kappa shape index (κ2) is 6.90. The number of nitrogens with one attached hydrogen (secondary N) is 1. The predicted octanol–water partition coefficient (Wildman–Crippen LogP) is 1.83. The Labute approximate surface area is 110 Å². The Balaban J connectivity index is 2.34. The van der Waals surface area contributed by atoms with Crippen molar-refractivity contribution in [3.63, 3.8) is 0 Å². The van der Waals surface area contributed by atoms with Crippen LogP contribution < -0.4 is 5.32 Å². The van der Waals surface area contributed by atoms with E-state index in [0.717, 1.165) is 31.6 Å². The van der Waals surface area contributed by atoms with Gasteiger partial charge in [-0.05, 0) is 44.8 Å². The standard InChI is InChI=1S/C14H27N3O/c1-5-17-11-13(10-16-17)8-14(4,18)6-7-15-9-12(2)3/h10-12,15,18H,5-9H2,1-4H3.